The molecule has 3 aromatic rings. The molecule has 0 saturated carbocycles. The van der Waals surface area contributed by atoms with Crippen LogP contribution in [0.25, 0.3) is 10.9 Å². The zero-order valence-electron chi connectivity index (χ0n) is 12.9. The van der Waals surface area contributed by atoms with Crippen molar-refractivity contribution in [1.29, 1.82) is 0 Å². The van der Waals surface area contributed by atoms with Gasteiger partial charge in [-0.25, -0.2) is 0 Å². The first kappa shape index (κ1) is 14.7. The fourth-order valence-corrected chi connectivity index (χ4v) is 3.39. The minimum Gasteiger partial charge on any atom is -0.399 e. The van der Waals surface area contributed by atoms with Gasteiger partial charge in [-0.15, -0.1) is 0 Å². The van der Waals surface area contributed by atoms with Gasteiger partial charge in [0.05, 0.1) is 5.52 Å². The van der Waals surface area contributed by atoms with Crippen LogP contribution in [0.5, 0.6) is 0 Å². The van der Waals surface area contributed by atoms with E-state index in [1.54, 1.807) is 22.4 Å². The molecule has 4 heteroatoms. The molecule has 0 unspecified atom stereocenters. The maximum atomic E-state index is 12.2. The molecule has 0 radical (unpaired) electrons. The predicted octanol–water partition coefficient (Wildman–Crippen LogP) is 3.89. The number of aromatic nitrogens is 1. The van der Waals surface area contributed by atoms with Crippen molar-refractivity contribution >= 4 is 28.4 Å². The molecule has 0 amide bonds. The molecule has 0 bridgehead atoms. The standard InChI is InChI=1S/C18H18N2OS/c1-11-8-15-16(9-12(11)2)20(3)18(21)10-17(15)22-14-6-4-13(19)5-7-14/h4-10H,19H2,1-3H3. The fraction of sp³-hybridized carbons (Fsp3) is 0.167. The minimum atomic E-state index is 0.00805. The molecular formula is C18H18N2OS. The number of nitrogen functional groups attached to an aromatic ring is 1. The lowest BCUT2D eigenvalue weighted by molar-refractivity contribution is 0.897. The second-order valence-corrected chi connectivity index (χ2v) is 6.65. The molecule has 2 aromatic carbocycles. The van der Waals surface area contributed by atoms with Gasteiger partial charge in [0.1, 0.15) is 0 Å². The Labute approximate surface area is 133 Å². The first-order valence-electron chi connectivity index (χ1n) is 7.10. The van der Waals surface area contributed by atoms with Crippen LogP contribution in [-0.2, 0) is 7.05 Å². The molecule has 3 nitrogen and oxygen atoms in total. The van der Waals surface area contributed by atoms with Crippen molar-refractivity contribution in [3.8, 4) is 0 Å². The Morgan fingerprint density at radius 2 is 1.64 bits per heavy atom. The zero-order chi connectivity index (χ0) is 15.9. The average molecular weight is 310 g/mol. The van der Waals surface area contributed by atoms with Crippen LogP contribution in [-0.4, -0.2) is 4.57 Å². The number of pyridine rings is 1. The van der Waals surface area contributed by atoms with Crippen LogP contribution in [0.1, 0.15) is 11.1 Å². The second kappa shape index (κ2) is 5.54. The predicted molar refractivity (Wildman–Crippen MR) is 93.6 cm³/mol. The topological polar surface area (TPSA) is 48.0 Å². The molecule has 0 atom stereocenters. The van der Waals surface area contributed by atoms with Gasteiger partial charge in [-0.1, -0.05) is 11.8 Å². The third kappa shape index (κ3) is 2.62. The van der Waals surface area contributed by atoms with Gasteiger partial charge in [0, 0.05) is 34.0 Å². The lowest BCUT2D eigenvalue weighted by Crippen LogP contribution is -2.16. The number of fused-ring (bicyclic) bond motifs is 1. The lowest BCUT2D eigenvalue weighted by atomic mass is 10.1. The summed E-state index contributed by atoms with van der Waals surface area (Å²) in [6, 6.07) is 13.7. The van der Waals surface area contributed by atoms with Crippen molar-refractivity contribution in [3.05, 3.63) is 63.9 Å². The van der Waals surface area contributed by atoms with Crippen LogP contribution in [0.2, 0.25) is 0 Å². The first-order chi connectivity index (χ1) is 10.5. The molecule has 2 N–H and O–H groups in total. The van der Waals surface area contributed by atoms with Gasteiger partial charge in [0.15, 0.2) is 0 Å². The third-order valence-corrected chi connectivity index (χ3v) is 5.00. The second-order valence-electron chi connectivity index (χ2n) is 5.53. The Hall–Kier alpha value is -2.20. The maximum Gasteiger partial charge on any atom is 0.251 e. The molecule has 112 valence electrons. The molecule has 0 saturated heterocycles. The Bertz CT molecular complexity index is 911. The van der Waals surface area contributed by atoms with Gasteiger partial charge in [-0.2, -0.15) is 0 Å². The van der Waals surface area contributed by atoms with E-state index in [4.69, 9.17) is 5.73 Å². The molecule has 0 aliphatic heterocycles. The number of aryl methyl sites for hydroxylation is 3. The molecule has 0 fully saturated rings. The molecule has 0 spiro atoms. The number of hydrogen-bond acceptors (Lipinski definition) is 3. The summed E-state index contributed by atoms with van der Waals surface area (Å²) in [5.41, 5.74) is 9.86. The Kier molecular flexibility index (Phi) is 3.71. The van der Waals surface area contributed by atoms with Crippen molar-refractivity contribution in [2.24, 2.45) is 7.05 Å². The Morgan fingerprint density at radius 1 is 1.00 bits per heavy atom. The van der Waals surface area contributed by atoms with Crippen LogP contribution in [0.4, 0.5) is 5.69 Å². The van der Waals surface area contributed by atoms with E-state index in [1.165, 1.54) is 11.1 Å². The molecule has 0 aliphatic rings. The number of nitrogens with two attached hydrogens (primary N) is 1. The molecule has 1 heterocycles. The summed E-state index contributed by atoms with van der Waals surface area (Å²) in [6.45, 7) is 4.16. The molecule has 1 aromatic heterocycles. The minimum absolute atomic E-state index is 0.00805. The number of nitrogens with zero attached hydrogens (tertiary/aromatic N) is 1. The van der Waals surface area contributed by atoms with E-state index in [0.717, 1.165) is 26.4 Å². The fourth-order valence-electron chi connectivity index (χ4n) is 2.43. The lowest BCUT2D eigenvalue weighted by Gasteiger charge is -2.12. The van der Waals surface area contributed by atoms with Gasteiger partial charge in [-0.05, 0) is 61.4 Å². The van der Waals surface area contributed by atoms with E-state index in [-0.39, 0.29) is 5.56 Å². The van der Waals surface area contributed by atoms with E-state index in [9.17, 15) is 4.79 Å². The summed E-state index contributed by atoms with van der Waals surface area (Å²) in [5.74, 6) is 0. The Balaban J connectivity index is 2.20. The van der Waals surface area contributed by atoms with Crippen molar-refractivity contribution in [2.45, 2.75) is 23.6 Å². The van der Waals surface area contributed by atoms with Gasteiger partial charge >= 0.3 is 0 Å². The summed E-state index contributed by atoms with van der Waals surface area (Å²) in [6.07, 6.45) is 0. The number of hydrogen-bond donors (Lipinski definition) is 1. The highest BCUT2D eigenvalue weighted by Gasteiger charge is 2.10. The van der Waals surface area contributed by atoms with Crippen molar-refractivity contribution in [1.82, 2.24) is 4.57 Å². The smallest absolute Gasteiger partial charge is 0.251 e. The quantitative estimate of drug-likeness (QED) is 0.731. The number of anilines is 1. The van der Waals surface area contributed by atoms with Crippen LogP contribution in [0.15, 0.2) is 57.1 Å². The highest BCUT2D eigenvalue weighted by atomic mass is 32.2. The SMILES string of the molecule is Cc1cc2c(Sc3ccc(N)cc3)cc(=O)n(C)c2cc1C. The zero-order valence-corrected chi connectivity index (χ0v) is 13.7. The Morgan fingerprint density at radius 3 is 2.32 bits per heavy atom. The maximum absolute atomic E-state index is 12.2. The highest BCUT2D eigenvalue weighted by Crippen LogP contribution is 2.33. The van der Waals surface area contributed by atoms with E-state index >= 15 is 0 Å². The van der Waals surface area contributed by atoms with E-state index in [1.807, 2.05) is 31.3 Å². The average Bonchev–Trinajstić information content (AvgIpc) is 2.49. The van der Waals surface area contributed by atoms with Crippen molar-refractivity contribution in [2.75, 3.05) is 5.73 Å². The van der Waals surface area contributed by atoms with Gasteiger partial charge in [0.25, 0.3) is 5.56 Å². The highest BCUT2D eigenvalue weighted by molar-refractivity contribution is 7.99. The summed E-state index contributed by atoms with van der Waals surface area (Å²) < 4.78 is 1.70. The van der Waals surface area contributed by atoms with Crippen molar-refractivity contribution < 1.29 is 0 Å². The molecule has 0 aliphatic carbocycles. The number of benzene rings is 2. The van der Waals surface area contributed by atoms with Crippen molar-refractivity contribution in [3.63, 3.8) is 0 Å². The monoisotopic (exact) mass is 310 g/mol. The molecule has 22 heavy (non-hydrogen) atoms. The van der Waals surface area contributed by atoms with E-state index < -0.39 is 0 Å². The molecular weight excluding hydrogens is 292 g/mol. The largest absolute Gasteiger partial charge is 0.399 e. The van der Waals surface area contributed by atoms with Crippen LogP contribution in [0, 0.1) is 13.8 Å². The van der Waals surface area contributed by atoms with Gasteiger partial charge in [-0.3, -0.25) is 4.79 Å². The summed E-state index contributed by atoms with van der Waals surface area (Å²) in [5, 5.41) is 1.10. The van der Waals surface area contributed by atoms with Crippen LogP contribution < -0.4 is 11.3 Å². The van der Waals surface area contributed by atoms with Gasteiger partial charge < -0.3 is 10.3 Å². The van der Waals surface area contributed by atoms with Crippen LogP contribution in [0.3, 0.4) is 0 Å². The number of rotatable bonds is 2. The molecule has 3 rings (SSSR count). The summed E-state index contributed by atoms with van der Waals surface area (Å²) >= 11 is 1.59. The van der Waals surface area contributed by atoms with E-state index in [0.29, 0.717) is 0 Å². The van der Waals surface area contributed by atoms with Gasteiger partial charge in [0.2, 0.25) is 0 Å². The summed E-state index contributed by atoms with van der Waals surface area (Å²) in [4.78, 5) is 14.3. The first-order valence-corrected chi connectivity index (χ1v) is 7.92. The third-order valence-electron chi connectivity index (χ3n) is 3.93. The summed E-state index contributed by atoms with van der Waals surface area (Å²) in [7, 11) is 1.82. The van der Waals surface area contributed by atoms with E-state index in [2.05, 4.69) is 26.0 Å². The normalized spacial score (nSPS) is 11.0. The van der Waals surface area contributed by atoms with Crippen LogP contribution >= 0.6 is 11.8 Å².